The molecule has 1 aromatic rings. The van der Waals surface area contributed by atoms with Gasteiger partial charge in [0.05, 0.1) is 6.04 Å². The van der Waals surface area contributed by atoms with E-state index in [1.54, 1.807) is 0 Å². The van der Waals surface area contributed by atoms with Crippen LogP contribution >= 0.6 is 0 Å². The largest absolute Gasteiger partial charge is 0.396 e. The predicted octanol–water partition coefficient (Wildman–Crippen LogP) is 1.16. The maximum absolute atomic E-state index is 12.0. The van der Waals surface area contributed by atoms with Crippen LogP contribution in [0.2, 0.25) is 0 Å². The predicted molar refractivity (Wildman–Crippen MR) is 71.4 cm³/mol. The normalized spacial score (nSPS) is 20.8. The lowest BCUT2D eigenvalue weighted by Gasteiger charge is -2.17. The van der Waals surface area contributed by atoms with Crippen molar-refractivity contribution >= 4 is 11.6 Å². The van der Waals surface area contributed by atoms with E-state index in [-0.39, 0.29) is 24.5 Å². The molecule has 0 aliphatic carbocycles. The Labute approximate surface area is 107 Å². The molecular weight excluding hydrogens is 228 g/mol. The van der Waals surface area contributed by atoms with Gasteiger partial charge in [0.2, 0.25) is 5.91 Å². The minimum atomic E-state index is -0.175. The van der Waals surface area contributed by atoms with Crippen LogP contribution in [0.25, 0.3) is 0 Å². The number of aliphatic hydroxyl groups is 1. The molecule has 98 valence electrons. The molecule has 2 unspecified atom stereocenters. The standard InChI is InChI=1S/C14H20N2O2/c1-10(9-17)8-15-13-7-6-11-4-2-3-5-12(11)16-14(13)18/h2-5,10,13,15,17H,6-9H2,1H3,(H,16,18). The molecule has 0 saturated carbocycles. The molecule has 3 N–H and O–H groups in total. The van der Waals surface area contributed by atoms with Crippen molar-refractivity contribution in [3.8, 4) is 0 Å². The van der Waals surface area contributed by atoms with Crippen LogP contribution in [0, 0.1) is 5.92 Å². The van der Waals surface area contributed by atoms with Crippen LogP contribution in [0.4, 0.5) is 5.69 Å². The fourth-order valence-corrected chi connectivity index (χ4v) is 2.11. The Bertz CT molecular complexity index is 420. The van der Waals surface area contributed by atoms with Crippen molar-refractivity contribution in [3.63, 3.8) is 0 Å². The zero-order valence-corrected chi connectivity index (χ0v) is 10.6. The molecule has 4 nitrogen and oxygen atoms in total. The van der Waals surface area contributed by atoms with E-state index < -0.39 is 0 Å². The Hall–Kier alpha value is -1.39. The smallest absolute Gasteiger partial charge is 0.241 e. The monoisotopic (exact) mass is 248 g/mol. The van der Waals surface area contributed by atoms with E-state index in [0.29, 0.717) is 6.54 Å². The molecular formula is C14H20N2O2. The number of hydrogen-bond acceptors (Lipinski definition) is 3. The highest BCUT2D eigenvalue weighted by molar-refractivity contribution is 5.96. The van der Waals surface area contributed by atoms with Crippen molar-refractivity contribution in [1.82, 2.24) is 5.32 Å². The van der Waals surface area contributed by atoms with E-state index in [1.807, 2.05) is 31.2 Å². The van der Waals surface area contributed by atoms with Crippen LogP contribution in [0.5, 0.6) is 0 Å². The average molecular weight is 248 g/mol. The van der Waals surface area contributed by atoms with E-state index in [0.717, 1.165) is 18.5 Å². The van der Waals surface area contributed by atoms with Gasteiger partial charge in [0.1, 0.15) is 0 Å². The average Bonchev–Trinajstić information content (AvgIpc) is 2.54. The molecule has 1 aliphatic heterocycles. The summed E-state index contributed by atoms with van der Waals surface area (Å²) in [4.78, 5) is 12.0. The molecule has 1 aliphatic rings. The minimum absolute atomic E-state index is 0.0186. The maximum Gasteiger partial charge on any atom is 0.241 e. The lowest BCUT2D eigenvalue weighted by Crippen LogP contribution is -2.42. The first-order valence-corrected chi connectivity index (χ1v) is 6.43. The van der Waals surface area contributed by atoms with Crippen molar-refractivity contribution in [2.45, 2.75) is 25.8 Å². The summed E-state index contributed by atoms with van der Waals surface area (Å²) in [6.07, 6.45) is 1.68. The number of anilines is 1. The maximum atomic E-state index is 12.0. The van der Waals surface area contributed by atoms with E-state index in [2.05, 4.69) is 10.6 Å². The fraction of sp³-hybridized carbons (Fsp3) is 0.500. The van der Waals surface area contributed by atoms with Crippen LogP contribution < -0.4 is 10.6 Å². The first kappa shape index (κ1) is 13.1. The van der Waals surface area contributed by atoms with E-state index in [1.165, 1.54) is 5.56 Å². The number of carbonyl (C=O) groups excluding carboxylic acids is 1. The van der Waals surface area contributed by atoms with Gasteiger partial charge in [-0.1, -0.05) is 25.1 Å². The lowest BCUT2D eigenvalue weighted by atomic mass is 10.1. The first-order chi connectivity index (χ1) is 8.70. The summed E-state index contributed by atoms with van der Waals surface area (Å²) in [5, 5.41) is 15.2. The van der Waals surface area contributed by atoms with Crippen LogP contribution in [-0.4, -0.2) is 30.2 Å². The SMILES string of the molecule is CC(CO)CNC1CCc2ccccc2NC1=O. The summed E-state index contributed by atoms with van der Waals surface area (Å²) in [6.45, 7) is 2.75. The zero-order chi connectivity index (χ0) is 13.0. The number of carbonyl (C=O) groups is 1. The highest BCUT2D eigenvalue weighted by Crippen LogP contribution is 2.21. The molecule has 2 rings (SSSR count). The van der Waals surface area contributed by atoms with E-state index >= 15 is 0 Å². The number of para-hydroxylation sites is 1. The molecule has 1 aromatic carbocycles. The number of hydrogen-bond donors (Lipinski definition) is 3. The summed E-state index contributed by atoms with van der Waals surface area (Å²) in [7, 11) is 0. The highest BCUT2D eigenvalue weighted by atomic mass is 16.3. The quantitative estimate of drug-likeness (QED) is 0.749. The van der Waals surface area contributed by atoms with Gasteiger partial charge in [-0.2, -0.15) is 0 Å². The van der Waals surface area contributed by atoms with Gasteiger partial charge in [-0.05, 0) is 30.4 Å². The summed E-state index contributed by atoms with van der Waals surface area (Å²) >= 11 is 0. The Morgan fingerprint density at radius 3 is 3.06 bits per heavy atom. The Kier molecular flexibility index (Phi) is 4.33. The molecule has 0 radical (unpaired) electrons. The number of rotatable bonds is 4. The third-order valence-corrected chi connectivity index (χ3v) is 3.32. The molecule has 18 heavy (non-hydrogen) atoms. The van der Waals surface area contributed by atoms with Crippen molar-refractivity contribution in [2.75, 3.05) is 18.5 Å². The number of fused-ring (bicyclic) bond motifs is 1. The Morgan fingerprint density at radius 1 is 1.50 bits per heavy atom. The third-order valence-electron chi connectivity index (χ3n) is 3.32. The van der Waals surface area contributed by atoms with Gasteiger partial charge in [0.15, 0.2) is 0 Å². The van der Waals surface area contributed by atoms with Gasteiger partial charge in [0.25, 0.3) is 0 Å². The molecule has 1 amide bonds. The third kappa shape index (κ3) is 3.09. The van der Waals surface area contributed by atoms with Crippen molar-refractivity contribution in [1.29, 1.82) is 0 Å². The van der Waals surface area contributed by atoms with Crippen LogP contribution in [0.3, 0.4) is 0 Å². The van der Waals surface area contributed by atoms with Gasteiger partial charge in [-0.25, -0.2) is 0 Å². The summed E-state index contributed by atoms with van der Waals surface area (Å²) < 4.78 is 0. The summed E-state index contributed by atoms with van der Waals surface area (Å²) in [5.74, 6) is 0.188. The Morgan fingerprint density at radius 2 is 2.28 bits per heavy atom. The second-order valence-electron chi connectivity index (χ2n) is 4.93. The fourth-order valence-electron chi connectivity index (χ4n) is 2.11. The molecule has 0 bridgehead atoms. The van der Waals surface area contributed by atoms with Gasteiger partial charge >= 0.3 is 0 Å². The molecule has 0 saturated heterocycles. The summed E-state index contributed by atoms with van der Waals surface area (Å²) in [5.41, 5.74) is 2.10. The second-order valence-corrected chi connectivity index (χ2v) is 4.93. The van der Waals surface area contributed by atoms with Crippen LogP contribution in [-0.2, 0) is 11.2 Å². The zero-order valence-electron chi connectivity index (χ0n) is 10.6. The number of aryl methyl sites for hydroxylation is 1. The second kappa shape index (κ2) is 5.98. The molecule has 0 spiro atoms. The number of aliphatic hydroxyl groups excluding tert-OH is 1. The van der Waals surface area contributed by atoms with Crippen LogP contribution in [0.15, 0.2) is 24.3 Å². The van der Waals surface area contributed by atoms with Crippen molar-refractivity contribution in [2.24, 2.45) is 5.92 Å². The number of benzene rings is 1. The molecule has 0 fully saturated rings. The molecule has 1 heterocycles. The lowest BCUT2D eigenvalue weighted by molar-refractivity contribution is -0.118. The van der Waals surface area contributed by atoms with Gasteiger partial charge < -0.3 is 15.7 Å². The Balaban J connectivity index is 1.99. The highest BCUT2D eigenvalue weighted by Gasteiger charge is 2.23. The minimum Gasteiger partial charge on any atom is -0.396 e. The van der Waals surface area contributed by atoms with Gasteiger partial charge in [-0.15, -0.1) is 0 Å². The number of amides is 1. The molecule has 2 atom stereocenters. The molecule has 4 heteroatoms. The van der Waals surface area contributed by atoms with Gasteiger partial charge in [-0.3, -0.25) is 4.79 Å². The van der Waals surface area contributed by atoms with Crippen LogP contribution in [0.1, 0.15) is 18.9 Å². The van der Waals surface area contributed by atoms with Crippen molar-refractivity contribution in [3.05, 3.63) is 29.8 Å². The van der Waals surface area contributed by atoms with E-state index in [4.69, 9.17) is 5.11 Å². The topological polar surface area (TPSA) is 61.4 Å². The van der Waals surface area contributed by atoms with Gasteiger partial charge in [0, 0.05) is 18.8 Å². The van der Waals surface area contributed by atoms with Crippen molar-refractivity contribution < 1.29 is 9.90 Å². The number of nitrogens with one attached hydrogen (secondary N) is 2. The molecule has 0 aromatic heterocycles. The summed E-state index contributed by atoms with van der Waals surface area (Å²) in [6, 6.07) is 7.74. The first-order valence-electron chi connectivity index (χ1n) is 6.43. The van der Waals surface area contributed by atoms with E-state index in [9.17, 15) is 4.79 Å².